The summed E-state index contributed by atoms with van der Waals surface area (Å²) < 4.78 is 0. The monoisotopic (exact) mass is 340 g/mol. The fourth-order valence-corrected chi connectivity index (χ4v) is 3.93. The van der Waals surface area contributed by atoms with Crippen molar-refractivity contribution in [2.24, 2.45) is 5.41 Å². The van der Waals surface area contributed by atoms with Crippen molar-refractivity contribution < 1.29 is 4.79 Å². The summed E-state index contributed by atoms with van der Waals surface area (Å²) in [7, 11) is 0. The van der Waals surface area contributed by atoms with E-state index in [1.165, 1.54) is 10.4 Å². The second kappa shape index (κ2) is 6.89. The van der Waals surface area contributed by atoms with Crippen LogP contribution in [0.4, 0.5) is 5.82 Å². The lowest BCUT2D eigenvalue weighted by molar-refractivity contribution is -0.124. The number of allylic oxidation sites excluding steroid dienone is 2. The number of anilines is 1. The number of hydrogen-bond donors (Lipinski definition) is 1. The highest BCUT2D eigenvalue weighted by atomic mass is 32.1. The number of carbonyl (C=O) groups excluding carboxylic acids is 1. The SMILES string of the molecule is CCC1=C(Nc2ncsc2Cc2ccccc2)CCC(C)(C)C1=O. The lowest BCUT2D eigenvalue weighted by Crippen LogP contribution is -2.32. The minimum Gasteiger partial charge on any atom is -0.342 e. The molecule has 1 N–H and O–H groups in total. The van der Waals surface area contributed by atoms with Crippen LogP contribution in [0.2, 0.25) is 0 Å². The molecule has 1 aromatic carbocycles. The molecule has 3 nitrogen and oxygen atoms in total. The third-order valence-electron chi connectivity index (χ3n) is 4.72. The highest BCUT2D eigenvalue weighted by Gasteiger charge is 2.35. The molecular weight excluding hydrogens is 316 g/mol. The van der Waals surface area contributed by atoms with E-state index in [0.29, 0.717) is 0 Å². The van der Waals surface area contributed by atoms with E-state index in [1.54, 1.807) is 11.3 Å². The zero-order valence-electron chi connectivity index (χ0n) is 14.6. The molecule has 3 rings (SSSR count). The molecule has 1 aromatic heterocycles. The van der Waals surface area contributed by atoms with Gasteiger partial charge in [0.1, 0.15) is 5.82 Å². The summed E-state index contributed by atoms with van der Waals surface area (Å²) in [6.45, 7) is 6.15. The Morgan fingerprint density at radius 1 is 1.25 bits per heavy atom. The number of Topliss-reactive ketones (excluding diaryl/α,β-unsaturated/α-hetero) is 1. The Balaban J connectivity index is 1.84. The Kier molecular flexibility index (Phi) is 4.86. The van der Waals surface area contributed by atoms with Gasteiger partial charge in [0.25, 0.3) is 0 Å². The molecule has 4 heteroatoms. The van der Waals surface area contributed by atoms with Gasteiger partial charge in [-0.3, -0.25) is 4.79 Å². The number of carbonyl (C=O) groups is 1. The zero-order chi connectivity index (χ0) is 17.2. The van der Waals surface area contributed by atoms with Crippen molar-refractivity contribution in [3.8, 4) is 0 Å². The first kappa shape index (κ1) is 16.9. The molecule has 0 bridgehead atoms. The van der Waals surface area contributed by atoms with Gasteiger partial charge in [-0.2, -0.15) is 0 Å². The molecule has 0 saturated heterocycles. The average molecular weight is 340 g/mol. The van der Waals surface area contributed by atoms with Crippen molar-refractivity contribution in [1.82, 2.24) is 4.98 Å². The maximum atomic E-state index is 12.7. The molecule has 0 saturated carbocycles. The van der Waals surface area contributed by atoms with E-state index in [9.17, 15) is 4.79 Å². The molecule has 126 valence electrons. The van der Waals surface area contributed by atoms with E-state index in [1.807, 2.05) is 25.4 Å². The van der Waals surface area contributed by atoms with Gasteiger partial charge in [0.15, 0.2) is 5.78 Å². The predicted molar refractivity (Wildman–Crippen MR) is 100 cm³/mol. The average Bonchev–Trinajstić information content (AvgIpc) is 3.00. The first-order chi connectivity index (χ1) is 11.5. The molecule has 2 aromatic rings. The van der Waals surface area contributed by atoms with Gasteiger partial charge in [0.2, 0.25) is 0 Å². The van der Waals surface area contributed by atoms with Gasteiger partial charge < -0.3 is 5.32 Å². The molecule has 24 heavy (non-hydrogen) atoms. The lowest BCUT2D eigenvalue weighted by atomic mass is 9.74. The summed E-state index contributed by atoms with van der Waals surface area (Å²) in [5, 5.41) is 3.48. The van der Waals surface area contributed by atoms with E-state index in [2.05, 4.69) is 41.5 Å². The van der Waals surface area contributed by atoms with E-state index in [-0.39, 0.29) is 11.2 Å². The van der Waals surface area contributed by atoms with E-state index in [0.717, 1.165) is 42.8 Å². The Hall–Kier alpha value is -1.94. The van der Waals surface area contributed by atoms with Crippen molar-refractivity contribution in [1.29, 1.82) is 0 Å². The topological polar surface area (TPSA) is 42.0 Å². The smallest absolute Gasteiger partial charge is 0.166 e. The number of benzene rings is 1. The van der Waals surface area contributed by atoms with Gasteiger partial charge in [-0.25, -0.2) is 4.98 Å². The standard InChI is InChI=1S/C20H24N2OS/c1-4-15-16(10-11-20(2,3)18(15)23)22-19-17(24-13-21-19)12-14-8-6-5-7-9-14/h5-9,13,22H,4,10-12H2,1-3H3. The highest BCUT2D eigenvalue weighted by Crippen LogP contribution is 2.37. The number of thiazole rings is 1. The molecule has 0 spiro atoms. The highest BCUT2D eigenvalue weighted by molar-refractivity contribution is 7.10. The Bertz CT molecular complexity index is 759. The second-order valence-electron chi connectivity index (χ2n) is 6.94. The summed E-state index contributed by atoms with van der Waals surface area (Å²) in [5.74, 6) is 1.18. The fourth-order valence-electron chi connectivity index (χ4n) is 3.18. The van der Waals surface area contributed by atoms with Gasteiger partial charge in [-0.05, 0) is 24.8 Å². The molecule has 0 aliphatic heterocycles. The molecule has 1 heterocycles. The third-order valence-corrected chi connectivity index (χ3v) is 5.56. The van der Waals surface area contributed by atoms with Gasteiger partial charge in [-0.1, -0.05) is 51.1 Å². The first-order valence-corrected chi connectivity index (χ1v) is 9.39. The number of hydrogen-bond acceptors (Lipinski definition) is 4. The normalized spacial score (nSPS) is 17.2. The van der Waals surface area contributed by atoms with Crippen LogP contribution in [0, 0.1) is 5.41 Å². The summed E-state index contributed by atoms with van der Waals surface area (Å²) in [5.41, 5.74) is 4.90. The summed E-state index contributed by atoms with van der Waals surface area (Å²) in [6, 6.07) is 10.4. The van der Waals surface area contributed by atoms with Gasteiger partial charge in [0.05, 0.1) is 10.4 Å². The van der Waals surface area contributed by atoms with Crippen molar-refractivity contribution in [2.45, 2.75) is 46.5 Å². The van der Waals surface area contributed by atoms with Crippen LogP contribution in [0.1, 0.15) is 50.5 Å². The summed E-state index contributed by atoms with van der Waals surface area (Å²) >= 11 is 1.66. The van der Waals surface area contributed by atoms with Crippen molar-refractivity contribution in [2.75, 3.05) is 5.32 Å². The van der Waals surface area contributed by atoms with Gasteiger partial charge >= 0.3 is 0 Å². The Morgan fingerprint density at radius 2 is 2.00 bits per heavy atom. The molecule has 0 unspecified atom stereocenters. The van der Waals surface area contributed by atoms with E-state index < -0.39 is 0 Å². The number of nitrogens with zero attached hydrogens (tertiary/aromatic N) is 1. The van der Waals surface area contributed by atoms with Crippen LogP contribution in [-0.2, 0) is 11.2 Å². The van der Waals surface area contributed by atoms with E-state index in [4.69, 9.17) is 0 Å². The fraction of sp³-hybridized carbons (Fsp3) is 0.400. The quantitative estimate of drug-likeness (QED) is 0.813. The van der Waals surface area contributed by atoms with Gasteiger partial charge in [-0.15, -0.1) is 11.3 Å². The number of nitrogens with one attached hydrogen (secondary N) is 1. The van der Waals surface area contributed by atoms with Crippen LogP contribution in [0.5, 0.6) is 0 Å². The van der Waals surface area contributed by atoms with Crippen LogP contribution in [0.25, 0.3) is 0 Å². The minimum absolute atomic E-state index is 0.245. The Labute approximate surface area is 147 Å². The minimum atomic E-state index is -0.245. The molecule has 0 radical (unpaired) electrons. The van der Waals surface area contributed by atoms with Crippen LogP contribution in [0.15, 0.2) is 47.1 Å². The van der Waals surface area contributed by atoms with Crippen LogP contribution < -0.4 is 5.32 Å². The third kappa shape index (κ3) is 3.44. The maximum absolute atomic E-state index is 12.7. The summed E-state index contributed by atoms with van der Waals surface area (Å²) in [4.78, 5) is 18.4. The van der Waals surface area contributed by atoms with Crippen LogP contribution in [-0.4, -0.2) is 10.8 Å². The summed E-state index contributed by atoms with van der Waals surface area (Å²) in [6.07, 6.45) is 3.42. The number of ketones is 1. The van der Waals surface area contributed by atoms with Crippen molar-refractivity contribution in [3.63, 3.8) is 0 Å². The molecule has 0 fully saturated rings. The molecule has 0 atom stereocenters. The molecule has 0 amide bonds. The van der Waals surface area contributed by atoms with Crippen LogP contribution in [0.3, 0.4) is 0 Å². The van der Waals surface area contributed by atoms with Crippen molar-refractivity contribution >= 4 is 22.9 Å². The molecule has 1 aliphatic rings. The first-order valence-electron chi connectivity index (χ1n) is 8.51. The lowest BCUT2D eigenvalue weighted by Gasteiger charge is -2.31. The Morgan fingerprint density at radius 3 is 2.71 bits per heavy atom. The number of rotatable bonds is 5. The number of aromatic nitrogens is 1. The molecule has 1 aliphatic carbocycles. The van der Waals surface area contributed by atoms with E-state index >= 15 is 0 Å². The zero-order valence-corrected chi connectivity index (χ0v) is 15.4. The van der Waals surface area contributed by atoms with Crippen LogP contribution >= 0.6 is 11.3 Å². The predicted octanol–water partition coefficient (Wildman–Crippen LogP) is 5.20. The van der Waals surface area contributed by atoms with Gasteiger partial charge in [0, 0.05) is 23.1 Å². The second-order valence-corrected chi connectivity index (χ2v) is 7.87. The largest absolute Gasteiger partial charge is 0.342 e. The van der Waals surface area contributed by atoms with Crippen molar-refractivity contribution in [3.05, 3.63) is 57.6 Å². The maximum Gasteiger partial charge on any atom is 0.166 e. The molecular formula is C20H24N2OS.